The number of methoxy groups -OCH3 is 1. The topological polar surface area (TPSA) is 92.2 Å². The second-order valence-corrected chi connectivity index (χ2v) is 5.38. The third-order valence-electron chi connectivity index (χ3n) is 3.97. The molecule has 0 amide bonds. The molecular formula is C16H16N4O3. The summed E-state index contributed by atoms with van der Waals surface area (Å²) in [6.45, 7) is 1.33. The van der Waals surface area contributed by atoms with Crippen LogP contribution in [0.25, 0.3) is 11.4 Å². The molecule has 0 bridgehead atoms. The molecule has 3 rings (SSSR count). The lowest BCUT2D eigenvalue weighted by molar-refractivity contribution is -0.146. The Balaban J connectivity index is 1.71. The van der Waals surface area contributed by atoms with Crippen molar-refractivity contribution in [3.63, 3.8) is 0 Å². The third kappa shape index (κ3) is 3.16. The molecule has 0 saturated carbocycles. The van der Waals surface area contributed by atoms with Crippen LogP contribution in [0, 0.1) is 17.2 Å². The number of benzene rings is 1. The monoisotopic (exact) mass is 312 g/mol. The zero-order valence-electron chi connectivity index (χ0n) is 12.7. The number of carbonyl (C=O) groups excluding carboxylic acids is 1. The van der Waals surface area contributed by atoms with Crippen molar-refractivity contribution < 1.29 is 14.1 Å². The van der Waals surface area contributed by atoms with Gasteiger partial charge in [0.15, 0.2) is 0 Å². The lowest BCUT2D eigenvalue weighted by Crippen LogP contribution is -2.36. The maximum Gasteiger partial charge on any atom is 0.324 e. The minimum absolute atomic E-state index is 0.0639. The lowest BCUT2D eigenvalue weighted by atomic mass is 9.97. The first-order chi connectivity index (χ1) is 11.2. The molecule has 118 valence electrons. The van der Waals surface area contributed by atoms with Crippen LogP contribution >= 0.6 is 0 Å². The summed E-state index contributed by atoms with van der Waals surface area (Å²) in [7, 11) is 1.41. The molecule has 2 aromatic rings. The number of carbonyl (C=O) groups is 1. The van der Waals surface area contributed by atoms with Gasteiger partial charge in [-0.25, -0.2) is 0 Å². The van der Waals surface area contributed by atoms with Gasteiger partial charge in [-0.15, -0.1) is 0 Å². The molecule has 1 aliphatic heterocycles. The van der Waals surface area contributed by atoms with E-state index < -0.39 is 0 Å². The van der Waals surface area contributed by atoms with Crippen molar-refractivity contribution in [1.82, 2.24) is 10.1 Å². The molecule has 0 atom stereocenters. The van der Waals surface area contributed by atoms with Gasteiger partial charge < -0.3 is 14.2 Å². The molecule has 2 heterocycles. The van der Waals surface area contributed by atoms with Crippen molar-refractivity contribution in [3.8, 4) is 17.5 Å². The van der Waals surface area contributed by atoms with Crippen LogP contribution < -0.4 is 4.90 Å². The largest absolute Gasteiger partial charge is 0.469 e. The second kappa shape index (κ2) is 6.48. The Morgan fingerprint density at radius 3 is 2.91 bits per heavy atom. The quantitative estimate of drug-likeness (QED) is 0.800. The van der Waals surface area contributed by atoms with E-state index in [1.807, 2.05) is 11.0 Å². The number of nitriles is 1. The van der Waals surface area contributed by atoms with Gasteiger partial charge in [0.05, 0.1) is 24.7 Å². The predicted octanol–water partition coefficient (Wildman–Crippen LogP) is 2.00. The van der Waals surface area contributed by atoms with E-state index in [4.69, 9.17) is 14.5 Å². The molecule has 0 aliphatic carbocycles. The van der Waals surface area contributed by atoms with Crippen LogP contribution in [0.3, 0.4) is 0 Å². The molecule has 23 heavy (non-hydrogen) atoms. The molecule has 1 fully saturated rings. The Labute approximate surface area is 133 Å². The summed E-state index contributed by atoms with van der Waals surface area (Å²) in [5.41, 5.74) is 1.29. The van der Waals surface area contributed by atoms with Crippen molar-refractivity contribution in [1.29, 1.82) is 5.26 Å². The Morgan fingerprint density at radius 1 is 1.43 bits per heavy atom. The Hall–Kier alpha value is -2.88. The standard InChI is InChI=1S/C16H16N4O3/c1-22-15(21)12-5-7-20(8-6-12)16-18-14(19-23-16)13-4-2-3-11(9-13)10-17/h2-4,9,12H,5-8H2,1H3. The van der Waals surface area contributed by atoms with Crippen molar-refractivity contribution in [2.45, 2.75) is 12.8 Å². The van der Waals surface area contributed by atoms with Crippen molar-refractivity contribution in [3.05, 3.63) is 29.8 Å². The van der Waals surface area contributed by atoms with Gasteiger partial charge in [0.1, 0.15) is 0 Å². The van der Waals surface area contributed by atoms with Crippen molar-refractivity contribution >= 4 is 12.0 Å². The highest BCUT2D eigenvalue weighted by Crippen LogP contribution is 2.25. The number of piperidine rings is 1. The van der Waals surface area contributed by atoms with Crippen LogP contribution in [0.1, 0.15) is 18.4 Å². The summed E-state index contributed by atoms with van der Waals surface area (Å²) in [5.74, 6) is 0.224. The molecule has 0 unspecified atom stereocenters. The average molecular weight is 312 g/mol. The Bertz CT molecular complexity index is 742. The van der Waals surface area contributed by atoms with Crippen LogP contribution in [0.4, 0.5) is 6.01 Å². The van der Waals surface area contributed by atoms with E-state index in [2.05, 4.69) is 16.2 Å². The zero-order valence-corrected chi connectivity index (χ0v) is 12.7. The van der Waals surface area contributed by atoms with Gasteiger partial charge in [-0.3, -0.25) is 4.79 Å². The highest BCUT2D eigenvalue weighted by molar-refractivity contribution is 5.72. The van der Waals surface area contributed by atoms with Crippen molar-refractivity contribution in [2.24, 2.45) is 5.92 Å². The number of ether oxygens (including phenoxy) is 1. The molecule has 1 saturated heterocycles. The van der Waals surface area contributed by atoms with E-state index in [0.717, 1.165) is 5.56 Å². The number of anilines is 1. The van der Waals surface area contributed by atoms with Gasteiger partial charge in [0, 0.05) is 18.7 Å². The number of rotatable bonds is 3. The van der Waals surface area contributed by atoms with Gasteiger partial charge in [-0.1, -0.05) is 17.3 Å². The molecule has 1 aromatic heterocycles. The van der Waals surface area contributed by atoms with Crippen LogP contribution in [-0.4, -0.2) is 36.3 Å². The Kier molecular flexibility index (Phi) is 4.24. The predicted molar refractivity (Wildman–Crippen MR) is 81.4 cm³/mol. The smallest absolute Gasteiger partial charge is 0.324 e. The fourth-order valence-corrected chi connectivity index (χ4v) is 2.66. The summed E-state index contributed by atoms with van der Waals surface area (Å²) in [6.07, 6.45) is 1.41. The van der Waals surface area contributed by atoms with Gasteiger partial charge in [0.25, 0.3) is 0 Å². The normalized spacial score (nSPS) is 15.2. The molecule has 7 nitrogen and oxygen atoms in total. The summed E-state index contributed by atoms with van der Waals surface area (Å²) >= 11 is 0. The number of hydrogen-bond acceptors (Lipinski definition) is 7. The molecule has 7 heteroatoms. The van der Waals surface area contributed by atoms with Gasteiger partial charge >= 0.3 is 12.0 Å². The maximum atomic E-state index is 11.5. The average Bonchev–Trinajstić information content (AvgIpc) is 3.11. The van der Waals surface area contributed by atoms with Crippen LogP contribution in [0.5, 0.6) is 0 Å². The van der Waals surface area contributed by atoms with E-state index in [1.165, 1.54) is 7.11 Å². The summed E-state index contributed by atoms with van der Waals surface area (Å²) in [5, 5.41) is 12.9. The fourth-order valence-electron chi connectivity index (χ4n) is 2.66. The summed E-state index contributed by atoms with van der Waals surface area (Å²) in [4.78, 5) is 17.9. The van der Waals surface area contributed by atoms with E-state index in [-0.39, 0.29) is 11.9 Å². The van der Waals surface area contributed by atoms with Gasteiger partial charge in [-0.05, 0) is 25.0 Å². The molecule has 1 aliphatic rings. The molecular weight excluding hydrogens is 296 g/mol. The van der Waals surface area contributed by atoms with Gasteiger partial charge in [0.2, 0.25) is 5.82 Å². The van der Waals surface area contributed by atoms with Gasteiger partial charge in [-0.2, -0.15) is 10.2 Å². The van der Waals surface area contributed by atoms with Crippen LogP contribution in [-0.2, 0) is 9.53 Å². The number of hydrogen-bond donors (Lipinski definition) is 0. The van der Waals surface area contributed by atoms with E-state index >= 15 is 0 Å². The first kappa shape index (κ1) is 15.0. The zero-order chi connectivity index (χ0) is 16.2. The van der Waals surface area contributed by atoms with E-state index in [1.54, 1.807) is 18.2 Å². The number of nitrogens with zero attached hydrogens (tertiary/aromatic N) is 4. The molecule has 1 aromatic carbocycles. The Morgan fingerprint density at radius 2 is 2.22 bits per heavy atom. The highest BCUT2D eigenvalue weighted by atomic mass is 16.5. The van der Waals surface area contributed by atoms with Crippen molar-refractivity contribution in [2.75, 3.05) is 25.1 Å². The summed E-state index contributed by atoms with van der Waals surface area (Å²) in [6, 6.07) is 9.58. The highest BCUT2D eigenvalue weighted by Gasteiger charge is 2.28. The van der Waals surface area contributed by atoms with Crippen LogP contribution in [0.15, 0.2) is 28.8 Å². The molecule has 0 spiro atoms. The summed E-state index contributed by atoms with van der Waals surface area (Å²) < 4.78 is 10.1. The number of aromatic nitrogens is 2. The SMILES string of the molecule is COC(=O)C1CCN(c2nc(-c3cccc(C#N)c3)no2)CC1. The minimum Gasteiger partial charge on any atom is -0.469 e. The first-order valence-corrected chi connectivity index (χ1v) is 7.38. The first-order valence-electron chi connectivity index (χ1n) is 7.38. The molecule has 0 radical (unpaired) electrons. The minimum atomic E-state index is -0.163. The van der Waals surface area contributed by atoms with Crippen LogP contribution in [0.2, 0.25) is 0 Å². The third-order valence-corrected chi connectivity index (χ3v) is 3.97. The molecule has 0 N–H and O–H groups in total. The fraction of sp³-hybridized carbons (Fsp3) is 0.375. The second-order valence-electron chi connectivity index (χ2n) is 5.38. The van der Waals surface area contributed by atoms with E-state index in [0.29, 0.717) is 43.3 Å². The number of esters is 1. The van der Waals surface area contributed by atoms with E-state index in [9.17, 15) is 4.79 Å². The maximum absolute atomic E-state index is 11.5. The lowest BCUT2D eigenvalue weighted by Gasteiger charge is -2.28.